The van der Waals surface area contributed by atoms with Crippen molar-refractivity contribution in [1.29, 1.82) is 0 Å². The number of nitrogens with zero attached hydrogens (tertiary/aromatic N) is 2. The fourth-order valence-corrected chi connectivity index (χ4v) is 6.15. The van der Waals surface area contributed by atoms with Gasteiger partial charge in [0.05, 0.1) is 0 Å². The van der Waals surface area contributed by atoms with E-state index in [1.54, 1.807) is 0 Å². The Bertz CT molecular complexity index is 1290. The molecule has 0 saturated carbocycles. The minimum absolute atomic E-state index is 0. The molecule has 0 atom stereocenters. The lowest BCUT2D eigenvalue weighted by atomic mass is 9.90. The third-order valence-electron chi connectivity index (χ3n) is 8.71. The summed E-state index contributed by atoms with van der Waals surface area (Å²) in [6, 6.07) is 18.6. The summed E-state index contributed by atoms with van der Waals surface area (Å²) in [5, 5.41) is 0. The van der Waals surface area contributed by atoms with Crippen LogP contribution in [0.5, 0.6) is 0 Å². The highest BCUT2D eigenvalue weighted by atomic mass is 35.5. The van der Waals surface area contributed by atoms with E-state index in [-0.39, 0.29) is 30.6 Å². The van der Waals surface area contributed by atoms with Crippen LogP contribution in [0, 0.1) is 24.5 Å². The highest BCUT2D eigenvalue weighted by Crippen LogP contribution is 2.26. The number of Topliss-reactive ketones (excluding diaryl/α,β-unsaturated/α-hetero) is 1. The molecular weight excluding hydrogens is 561 g/mol. The van der Waals surface area contributed by atoms with Crippen molar-refractivity contribution in [3.05, 3.63) is 106 Å². The van der Waals surface area contributed by atoms with Gasteiger partial charge in [0.25, 0.3) is 0 Å². The molecule has 3 aromatic carbocycles. The Kier molecular flexibility index (Phi) is 12.8. The minimum Gasteiger partial charge on any atom is -0.299 e. The van der Waals surface area contributed by atoms with Crippen molar-refractivity contribution in [3.8, 4) is 0 Å². The molecule has 0 aliphatic carbocycles. The highest BCUT2D eigenvalue weighted by Gasteiger charge is 2.21. The smallest absolute Gasteiger partial charge is 0.162 e. The Hall–Kier alpha value is -2.31. The number of hydrogen-bond acceptors (Lipinski definition) is 3. The van der Waals surface area contributed by atoms with Gasteiger partial charge in [0.15, 0.2) is 5.78 Å². The lowest BCUT2D eigenvalue weighted by molar-refractivity contribution is 0.0974. The van der Waals surface area contributed by atoms with Crippen molar-refractivity contribution < 1.29 is 13.6 Å². The average molecular weight is 604 g/mol. The number of hydrogen-bond donors (Lipinski definition) is 0. The molecule has 1 saturated heterocycles. The summed E-state index contributed by atoms with van der Waals surface area (Å²) in [6.07, 6.45) is 6.83. The number of carbonyl (C=O) groups is 1. The molecule has 1 fully saturated rings. The zero-order valence-corrected chi connectivity index (χ0v) is 25.6. The molecule has 2 aliphatic heterocycles. The van der Waals surface area contributed by atoms with Gasteiger partial charge >= 0.3 is 0 Å². The summed E-state index contributed by atoms with van der Waals surface area (Å²) in [4.78, 5) is 17.8. The van der Waals surface area contributed by atoms with Crippen LogP contribution in [0.1, 0.15) is 70.3 Å². The zero-order valence-electron chi connectivity index (χ0n) is 23.9. The van der Waals surface area contributed by atoms with Gasteiger partial charge in [-0.25, -0.2) is 8.78 Å². The Morgan fingerprint density at radius 2 is 1.49 bits per heavy atom. The van der Waals surface area contributed by atoms with Gasteiger partial charge in [-0.15, -0.1) is 24.8 Å². The number of piperidine rings is 1. The van der Waals surface area contributed by atoms with E-state index >= 15 is 0 Å². The van der Waals surface area contributed by atoms with Crippen LogP contribution in [-0.4, -0.2) is 41.8 Å². The van der Waals surface area contributed by atoms with Crippen LogP contribution in [0.4, 0.5) is 8.78 Å². The Morgan fingerprint density at radius 1 is 0.805 bits per heavy atom. The van der Waals surface area contributed by atoms with Gasteiger partial charge in [-0.2, -0.15) is 0 Å². The van der Waals surface area contributed by atoms with E-state index in [4.69, 9.17) is 0 Å². The van der Waals surface area contributed by atoms with Crippen LogP contribution >= 0.6 is 24.8 Å². The summed E-state index contributed by atoms with van der Waals surface area (Å²) in [7, 11) is 0. The van der Waals surface area contributed by atoms with Crippen molar-refractivity contribution in [3.63, 3.8) is 0 Å². The van der Waals surface area contributed by atoms with Gasteiger partial charge in [0.1, 0.15) is 11.6 Å². The first kappa shape index (κ1) is 33.2. The van der Waals surface area contributed by atoms with Gasteiger partial charge in [-0.3, -0.25) is 14.6 Å². The lowest BCUT2D eigenvalue weighted by Crippen LogP contribution is -2.33. The average Bonchev–Trinajstić information content (AvgIpc) is 3.14. The summed E-state index contributed by atoms with van der Waals surface area (Å²) in [6.45, 7) is 7.60. The molecule has 0 spiro atoms. The summed E-state index contributed by atoms with van der Waals surface area (Å²) in [5.74, 6) is -0.0763. The number of halogens is 4. The summed E-state index contributed by atoms with van der Waals surface area (Å²) >= 11 is 0. The molecule has 2 aliphatic rings. The quantitative estimate of drug-likeness (QED) is 0.232. The minimum atomic E-state index is -0.545. The van der Waals surface area contributed by atoms with E-state index in [9.17, 15) is 13.6 Å². The van der Waals surface area contributed by atoms with Crippen LogP contribution in [0.2, 0.25) is 0 Å². The molecule has 0 N–H and O–H groups in total. The number of benzene rings is 3. The molecule has 0 aromatic heterocycles. The van der Waals surface area contributed by atoms with Gasteiger partial charge < -0.3 is 0 Å². The van der Waals surface area contributed by atoms with Crippen LogP contribution in [-0.2, 0) is 25.9 Å². The van der Waals surface area contributed by atoms with Gasteiger partial charge in [-0.05, 0) is 98.8 Å². The number of aryl methyl sites for hydroxylation is 1. The molecular formula is C34H42Cl2F2N2O. The second-order valence-corrected chi connectivity index (χ2v) is 11.5. The number of carbonyl (C=O) groups excluding carboxylic acids is 1. The number of rotatable bonds is 9. The molecule has 3 aromatic rings. The standard InChI is InChI=1S/C34H40F2N2O.2ClH/c1-25-5-2-3-7-30(25)23-37-17-13-26(14-18-37)6-4-8-34(39)29-10-9-27-15-19-38(20-16-28(27)21-29)24-31-11-12-32(35)22-33(31)36;;/h2-3,5,7,9-12,21-22,26H,4,6,8,13-20,23-24H2,1H3;2*1H. The lowest BCUT2D eigenvalue weighted by Gasteiger charge is -2.32. The van der Waals surface area contributed by atoms with Crippen LogP contribution in [0.25, 0.3) is 0 Å². The SMILES string of the molecule is Cc1ccccc1CN1CCC(CCCC(=O)c2ccc3c(c2)CCN(Cc2ccc(F)cc2F)CC3)CC1.Cl.Cl. The van der Waals surface area contributed by atoms with Gasteiger partial charge in [0, 0.05) is 49.8 Å². The van der Waals surface area contributed by atoms with E-state index < -0.39 is 11.6 Å². The molecule has 0 radical (unpaired) electrons. The Labute approximate surface area is 256 Å². The second kappa shape index (κ2) is 15.8. The first-order chi connectivity index (χ1) is 18.9. The molecule has 222 valence electrons. The topological polar surface area (TPSA) is 23.6 Å². The van der Waals surface area contributed by atoms with Crippen LogP contribution in [0.3, 0.4) is 0 Å². The number of fused-ring (bicyclic) bond motifs is 1. The largest absolute Gasteiger partial charge is 0.299 e. The van der Waals surface area contributed by atoms with Gasteiger partial charge in [-0.1, -0.05) is 42.5 Å². The van der Waals surface area contributed by atoms with E-state index in [1.165, 1.54) is 47.2 Å². The predicted molar refractivity (Wildman–Crippen MR) is 167 cm³/mol. The fourth-order valence-electron chi connectivity index (χ4n) is 6.15. The first-order valence-corrected chi connectivity index (χ1v) is 14.5. The third kappa shape index (κ3) is 9.09. The van der Waals surface area contributed by atoms with Crippen molar-refractivity contribution in [1.82, 2.24) is 9.80 Å². The predicted octanol–water partition coefficient (Wildman–Crippen LogP) is 7.98. The number of likely N-dealkylation sites (tertiary alicyclic amines) is 1. The van der Waals surface area contributed by atoms with Crippen LogP contribution < -0.4 is 0 Å². The van der Waals surface area contributed by atoms with E-state index in [1.807, 2.05) is 6.07 Å². The zero-order chi connectivity index (χ0) is 27.2. The summed E-state index contributed by atoms with van der Waals surface area (Å²) in [5.41, 5.74) is 6.63. The van der Waals surface area contributed by atoms with Crippen molar-refractivity contribution in [2.24, 2.45) is 5.92 Å². The third-order valence-corrected chi connectivity index (χ3v) is 8.71. The molecule has 7 heteroatoms. The molecule has 2 heterocycles. The van der Waals surface area contributed by atoms with Crippen LogP contribution in [0.15, 0.2) is 60.7 Å². The van der Waals surface area contributed by atoms with Crippen molar-refractivity contribution in [2.75, 3.05) is 26.2 Å². The first-order valence-electron chi connectivity index (χ1n) is 14.5. The Balaban J connectivity index is 0.00000231. The molecule has 0 bridgehead atoms. The molecule has 5 rings (SSSR count). The van der Waals surface area contributed by atoms with Crippen molar-refractivity contribution >= 4 is 30.6 Å². The molecule has 0 unspecified atom stereocenters. The second-order valence-electron chi connectivity index (χ2n) is 11.5. The monoisotopic (exact) mass is 602 g/mol. The van der Waals surface area contributed by atoms with E-state index in [0.29, 0.717) is 18.5 Å². The fraction of sp³-hybridized carbons (Fsp3) is 0.441. The number of ketones is 1. The van der Waals surface area contributed by atoms with Gasteiger partial charge in [0.2, 0.25) is 0 Å². The van der Waals surface area contributed by atoms with E-state index in [2.05, 4.69) is 53.1 Å². The van der Waals surface area contributed by atoms with Crippen molar-refractivity contribution in [2.45, 2.75) is 65.0 Å². The molecule has 3 nitrogen and oxygen atoms in total. The highest BCUT2D eigenvalue weighted by molar-refractivity contribution is 5.96. The Morgan fingerprint density at radius 3 is 2.22 bits per heavy atom. The molecule has 0 amide bonds. The maximum absolute atomic E-state index is 14.1. The normalized spacial score (nSPS) is 16.3. The maximum atomic E-state index is 14.1. The molecule has 41 heavy (non-hydrogen) atoms. The maximum Gasteiger partial charge on any atom is 0.162 e. The van der Waals surface area contributed by atoms with E-state index in [0.717, 1.165) is 76.0 Å². The summed E-state index contributed by atoms with van der Waals surface area (Å²) < 4.78 is 27.4.